The molecule has 3 N–H and O–H groups in total. The summed E-state index contributed by atoms with van der Waals surface area (Å²) in [6, 6.07) is 16.0. The second-order valence-electron chi connectivity index (χ2n) is 7.35. The normalized spacial score (nSPS) is 14.3. The Morgan fingerprint density at radius 1 is 1.16 bits per heavy atom. The lowest BCUT2D eigenvalue weighted by atomic mass is 9.98. The number of benzene rings is 2. The van der Waals surface area contributed by atoms with Crippen LogP contribution in [0.5, 0.6) is 0 Å². The number of nitrogens with one attached hydrogen (secondary N) is 1. The lowest BCUT2D eigenvalue weighted by Gasteiger charge is -2.17. The molecular formula is C22H21N3O6S. The molecule has 0 radical (unpaired) electrons. The molecule has 2 atom stereocenters. The third kappa shape index (κ3) is 4.47. The van der Waals surface area contributed by atoms with Crippen LogP contribution in [0.3, 0.4) is 0 Å². The maximum Gasteiger partial charge on any atom is 0.407 e. The van der Waals surface area contributed by atoms with Crippen molar-refractivity contribution < 1.29 is 24.7 Å². The van der Waals surface area contributed by atoms with Crippen molar-refractivity contribution in [1.29, 1.82) is 0 Å². The van der Waals surface area contributed by atoms with Crippen LogP contribution in [0.1, 0.15) is 34.6 Å². The highest BCUT2D eigenvalue weighted by Crippen LogP contribution is 2.44. The monoisotopic (exact) mass is 455 g/mol. The second kappa shape index (κ2) is 9.43. The summed E-state index contributed by atoms with van der Waals surface area (Å²) >= 11 is 0.696. The average molecular weight is 455 g/mol. The third-order valence-corrected chi connectivity index (χ3v) is 6.38. The number of amides is 1. The molecule has 0 aliphatic heterocycles. The van der Waals surface area contributed by atoms with Gasteiger partial charge in [-0.2, -0.15) is 0 Å². The number of aliphatic hydroxyl groups excluding tert-OH is 2. The van der Waals surface area contributed by atoms with E-state index in [1.54, 1.807) is 0 Å². The van der Waals surface area contributed by atoms with Crippen LogP contribution < -0.4 is 5.32 Å². The molecule has 166 valence electrons. The Morgan fingerprint density at radius 3 is 2.38 bits per heavy atom. The first-order valence-electron chi connectivity index (χ1n) is 10.0. The van der Waals surface area contributed by atoms with Crippen molar-refractivity contribution in [3.05, 3.63) is 81.0 Å². The number of ether oxygens (including phenoxy) is 1. The van der Waals surface area contributed by atoms with Gasteiger partial charge in [-0.25, -0.2) is 9.78 Å². The van der Waals surface area contributed by atoms with Crippen LogP contribution in [0.4, 0.5) is 9.80 Å². The van der Waals surface area contributed by atoms with E-state index < -0.39 is 23.2 Å². The number of carbonyl (C=O) groups is 1. The van der Waals surface area contributed by atoms with Gasteiger partial charge in [0, 0.05) is 12.5 Å². The highest BCUT2D eigenvalue weighted by atomic mass is 32.1. The predicted molar refractivity (Wildman–Crippen MR) is 117 cm³/mol. The molecule has 2 aromatic carbocycles. The van der Waals surface area contributed by atoms with Gasteiger partial charge in [-0.1, -0.05) is 48.5 Å². The van der Waals surface area contributed by atoms with Crippen molar-refractivity contribution >= 4 is 22.4 Å². The first-order valence-corrected chi connectivity index (χ1v) is 10.8. The number of fused-ring (bicyclic) bond motifs is 3. The summed E-state index contributed by atoms with van der Waals surface area (Å²) in [6.45, 7) is 0.232. The van der Waals surface area contributed by atoms with E-state index in [1.165, 1.54) is 0 Å². The molecule has 32 heavy (non-hydrogen) atoms. The molecule has 1 amide bonds. The van der Waals surface area contributed by atoms with Gasteiger partial charge in [0.15, 0.2) is 0 Å². The minimum atomic E-state index is -1.38. The summed E-state index contributed by atoms with van der Waals surface area (Å²) in [4.78, 5) is 26.0. The number of aromatic nitrogens is 1. The molecule has 1 heterocycles. The topological polar surface area (TPSA) is 135 Å². The minimum Gasteiger partial charge on any atom is -0.449 e. The first-order chi connectivity index (χ1) is 15.5. The van der Waals surface area contributed by atoms with Crippen molar-refractivity contribution in [3.63, 3.8) is 0 Å². The molecule has 3 aromatic rings. The van der Waals surface area contributed by atoms with Crippen LogP contribution in [0.2, 0.25) is 0 Å². The lowest BCUT2D eigenvalue weighted by molar-refractivity contribution is -0.380. The molecular weight excluding hydrogens is 434 g/mol. The fourth-order valence-electron chi connectivity index (χ4n) is 3.79. The summed E-state index contributed by atoms with van der Waals surface area (Å²) in [5.41, 5.74) is 4.49. The summed E-state index contributed by atoms with van der Waals surface area (Å²) in [5.74, 6) is -0.0544. The maximum atomic E-state index is 12.2. The standard InChI is InChI=1S/C22H21N3O6S/c26-18(20(27)21-24-11-19(32-21)25(29)30)9-10-23-22(28)31-12-17-15-7-3-1-5-13(15)14-6-2-4-8-16(14)17/h1-8,11,17-18,20,26-27H,9-10,12H2,(H,23,28). The van der Waals surface area contributed by atoms with E-state index in [-0.39, 0.29) is 35.5 Å². The van der Waals surface area contributed by atoms with Crippen molar-refractivity contribution in [2.24, 2.45) is 0 Å². The zero-order valence-corrected chi connectivity index (χ0v) is 17.7. The van der Waals surface area contributed by atoms with Crippen molar-refractivity contribution in [3.8, 4) is 11.1 Å². The van der Waals surface area contributed by atoms with E-state index in [2.05, 4.69) is 22.4 Å². The molecule has 9 nitrogen and oxygen atoms in total. The van der Waals surface area contributed by atoms with Crippen LogP contribution in [-0.2, 0) is 4.74 Å². The Labute approximate surface area is 187 Å². The molecule has 2 unspecified atom stereocenters. The van der Waals surface area contributed by atoms with Gasteiger partial charge >= 0.3 is 11.1 Å². The number of alkyl carbamates (subject to hydrolysis) is 1. The molecule has 1 aromatic heterocycles. The molecule has 0 bridgehead atoms. The highest BCUT2D eigenvalue weighted by Gasteiger charge is 2.29. The van der Waals surface area contributed by atoms with Crippen LogP contribution in [0.25, 0.3) is 11.1 Å². The van der Waals surface area contributed by atoms with Crippen LogP contribution in [0, 0.1) is 10.1 Å². The molecule has 1 aliphatic carbocycles. The van der Waals surface area contributed by atoms with Crippen molar-refractivity contribution in [1.82, 2.24) is 10.3 Å². The van der Waals surface area contributed by atoms with Gasteiger partial charge in [0.2, 0.25) is 0 Å². The number of rotatable bonds is 8. The molecule has 0 spiro atoms. The van der Waals surface area contributed by atoms with Crippen molar-refractivity contribution in [2.75, 3.05) is 13.2 Å². The van der Waals surface area contributed by atoms with Crippen molar-refractivity contribution in [2.45, 2.75) is 24.5 Å². The summed E-state index contributed by atoms with van der Waals surface area (Å²) in [7, 11) is 0. The molecule has 0 saturated heterocycles. The quantitative estimate of drug-likeness (QED) is 0.350. The Balaban J connectivity index is 1.27. The number of hydrogen-bond acceptors (Lipinski definition) is 8. The number of hydrogen-bond donors (Lipinski definition) is 3. The smallest absolute Gasteiger partial charge is 0.407 e. The largest absolute Gasteiger partial charge is 0.449 e. The summed E-state index contributed by atoms with van der Waals surface area (Å²) in [5, 5.41) is 33.3. The summed E-state index contributed by atoms with van der Waals surface area (Å²) < 4.78 is 5.42. The molecule has 10 heteroatoms. The van der Waals surface area contributed by atoms with Gasteiger partial charge in [-0.15, -0.1) is 0 Å². The van der Waals surface area contributed by atoms with E-state index >= 15 is 0 Å². The Morgan fingerprint density at radius 2 is 1.78 bits per heavy atom. The maximum absolute atomic E-state index is 12.2. The zero-order chi connectivity index (χ0) is 22.7. The average Bonchev–Trinajstić information content (AvgIpc) is 3.41. The number of aliphatic hydroxyl groups is 2. The van der Waals surface area contributed by atoms with Gasteiger partial charge < -0.3 is 20.3 Å². The van der Waals surface area contributed by atoms with Crippen LogP contribution >= 0.6 is 11.3 Å². The molecule has 0 saturated carbocycles. The first kappa shape index (κ1) is 21.9. The second-order valence-corrected chi connectivity index (χ2v) is 8.39. The van der Waals surface area contributed by atoms with Gasteiger partial charge in [0.1, 0.15) is 23.9 Å². The van der Waals surface area contributed by atoms with E-state index in [1.807, 2.05) is 36.4 Å². The van der Waals surface area contributed by atoms with E-state index in [4.69, 9.17) is 4.74 Å². The highest BCUT2D eigenvalue weighted by molar-refractivity contribution is 7.14. The third-order valence-electron chi connectivity index (χ3n) is 5.36. The Bertz CT molecular complexity index is 1090. The fraction of sp³-hybridized carbons (Fsp3) is 0.273. The molecule has 4 rings (SSSR count). The number of thiazole rings is 1. The number of nitro groups is 1. The Hall–Kier alpha value is -3.34. The molecule has 1 aliphatic rings. The summed E-state index contributed by atoms with van der Waals surface area (Å²) in [6.07, 6.45) is -2.19. The zero-order valence-electron chi connectivity index (χ0n) is 16.9. The molecule has 0 fully saturated rings. The predicted octanol–water partition coefficient (Wildman–Crippen LogP) is 3.37. The van der Waals surface area contributed by atoms with Gasteiger partial charge in [-0.3, -0.25) is 10.1 Å². The van der Waals surface area contributed by atoms with Crippen LogP contribution in [-0.4, -0.2) is 45.5 Å². The number of nitrogens with zero attached hydrogens (tertiary/aromatic N) is 2. The minimum absolute atomic E-state index is 0.0265. The van der Waals surface area contributed by atoms with E-state index in [0.717, 1.165) is 28.5 Å². The SMILES string of the molecule is O=C(NCCC(O)C(O)c1ncc([N+](=O)[O-])s1)OCC1c2ccccc2-c2ccccc21. The Kier molecular flexibility index (Phi) is 6.45. The van der Waals surface area contributed by atoms with Gasteiger partial charge in [-0.05, 0) is 40.0 Å². The van der Waals surface area contributed by atoms with E-state index in [9.17, 15) is 25.1 Å². The number of carbonyl (C=O) groups excluding carboxylic acids is 1. The van der Waals surface area contributed by atoms with Gasteiger partial charge in [0.05, 0.1) is 11.0 Å². The van der Waals surface area contributed by atoms with Gasteiger partial charge in [0.25, 0.3) is 0 Å². The lowest BCUT2D eigenvalue weighted by Crippen LogP contribution is -2.30. The fourth-order valence-corrected chi connectivity index (χ4v) is 4.57. The van der Waals surface area contributed by atoms with E-state index in [0.29, 0.717) is 11.3 Å². The van der Waals surface area contributed by atoms with Crippen LogP contribution in [0.15, 0.2) is 54.7 Å².